The second kappa shape index (κ2) is 6.72. The van der Waals surface area contributed by atoms with Gasteiger partial charge in [-0.25, -0.2) is 4.98 Å². The van der Waals surface area contributed by atoms with Crippen molar-refractivity contribution in [2.24, 2.45) is 5.92 Å². The number of aromatic amines is 1. The van der Waals surface area contributed by atoms with E-state index in [1.54, 1.807) is 0 Å². The van der Waals surface area contributed by atoms with Gasteiger partial charge in [0.25, 0.3) is 0 Å². The summed E-state index contributed by atoms with van der Waals surface area (Å²) in [6.07, 6.45) is 13.1. The fourth-order valence-electron chi connectivity index (χ4n) is 4.04. The highest BCUT2D eigenvalue weighted by molar-refractivity contribution is 4.99. The number of imidazole rings is 1. The molecule has 1 aromatic rings. The van der Waals surface area contributed by atoms with Crippen molar-refractivity contribution in [3.05, 3.63) is 18.2 Å². The Kier molecular flexibility index (Phi) is 4.73. The van der Waals surface area contributed by atoms with E-state index in [1.165, 1.54) is 45.1 Å². The molecule has 20 heavy (non-hydrogen) atoms. The summed E-state index contributed by atoms with van der Waals surface area (Å²) in [5.41, 5.74) is 0. The minimum atomic E-state index is 0.374. The van der Waals surface area contributed by atoms with Crippen LogP contribution in [0.5, 0.6) is 0 Å². The molecule has 0 bridgehead atoms. The van der Waals surface area contributed by atoms with Gasteiger partial charge in [-0.2, -0.15) is 0 Å². The van der Waals surface area contributed by atoms with Crippen molar-refractivity contribution in [1.29, 1.82) is 0 Å². The molecule has 0 spiro atoms. The first-order valence-corrected chi connectivity index (χ1v) is 8.37. The standard InChI is InChI=1S/C16H28N4/c1-2-13(16-18-10-11-19-16)20-15-8-5-6-12(15)14-7-3-4-9-17-14/h10-15,17,20H,2-9H2,1H3,(H,18,19). The van der Waals surface area contributed by atoms with Crippen LogP contribution in [-0.2, 0) is 0 Å². The monoisotopic (exact) mass is 276 g/mol. The lowest BCUT2D eigenvalue weighted by molar-refractivity contribution is 0.243. The third-order valence-corrected chi connectivity index (χ3v) is 5.11. The zero-order valence-electron chi connectivity index (χ0n) is 12.6. The summed E-state index contributed by atoms with van der Waals surface area (Å²) < 4.78 is 0. The summed E-state index contributed by atoms with van der Waals surface area (Å²) in [4.78, 5) is 7.70. The first-order valence-electron chi connectivity index (χ1n) is 8.37. The van der Waals surface area contributed by atoms with Crippen molar-refractivity contribution in [2.75, 3.05) is 6.54 Å². The normalized spacial score (nSPS) is 32.4. The Morgan fingerprint density at radius 2 is 2.25 bits per heavy atom. The molecule has 4 unspecified atom stereocenters. The second-order valence-corrected chi connectivity index (χ2v) is 6.36. The van der Waals surface area contributed by atoms with Gasteiger partial charge in [-0.05, 0) is 44.6 Å². The number of hydrogen-bond acceptors (Lipinski definition) is 3. The summed E-state index contributed by atoms with van der Waals surface area (Å²) in [5, 5.41) is 7.64. The molecule has 3 N–H and O–H groups in total. The van der Waals surface area contributed by atoms with Crippen molar-refractivity contribution in [2.45, 2.75) is 70.0 Å². The van der Waals surface area contributed by atoms with Crippen LogP contribution in [0.4, 0.5) is 0 Å². The molecule has 2 fully saturated rings. The van der Waals surface area contributed by atoms with E-state index in [1.807, 2.05) is 12.4 Å². The molecule has 2 aliphatic rings. The van der Waals surface area contributed by atoms with Gasteiger partial charge < -0.3 is 15.6 Å². The van der Waals surface area contributed by atoms with E-state index in [9.17, 15) is 0 Å². The number of nitrogens with zero attached hydrogens (tertiary/aromatic N) is 1. The van der Waals surface area contributed by atoms with Crippen LogP contribution in [0.15, 0.2) is 12.4 Å². The highest BCUT2D eigenvalue weighted by atomic mass is 15.1. The van der Waals surface area contributed by atoms with Gasteiger partial charge >= 0.3 is 0 Å². The molecule has 4 nitrogen and oxygen atoms in total. The second-order valence-electron chi connectivity index (χ2n) is 6.36. The lowest BCUT2D eigenvalue weighted by atomic mass is 9.88. The number of hydrogen-bond donors (Lipinski definition) is 3. The lowest BCUT2D eigenvalue weighted by Gasteiger charge is -2.34. The molecule has 112 valence electrons. The molecule has 0 amide bonds. The van der Waals surface area contributed by atoms with Crippen LogP contribution in [-0.4, -0.2) is 28.6 Å². The molecule has 1 saturated heterocycles. The molecule has 0 aromatic carbocycles. The molecule has 4 heteroatoms. The van der Waals surface area contributed by atoms with Crippen LogP contribution in [0.3, 0.4) is 0 Å². The Balaban J connectivity index is 1.62. The van der Waals surface area contributed by atoms with Gasteiger partial charge in [0.1, 0.15) is 5.82 Å². The van der Waals surface area contributed by atoms with Crippen LogP contribution in [0.2, 0.25) is 0 Å². The molecule has 1 aromatic heterocycles. The summed E-state index contributed by atoms with van der Waals surface area (Å²) >= 11 is 0. The topological polar surface area (TPSA) is 52.7 Å². The molecule has 4 atom stereocenters. The van der Waals surface area contributed by atoms with Gasteiger partial charge in [-0.1, -0.05) is 19.8 Å². The Bertz CT molecular complexity index is 383. The zero-order chi connectivity index (χ0) is 13.8. The molecule has 0 radical (unpaired) electrons. The number of aromatic nitrogens is 2. The highest BCUT2D eigenvalue weighted by Gasteiger charge is 2.35. The summed E-state index contributed by atoms with van der Waals surface area (Å²) in [6.45, 7) is 3.45. The highest BCUT2D eigenvalue weighted by Crippen LogP contribution is 2.33. The van der Waals surface area contributed by atoms with Crippen molar-refractivity contribution in [3.8, 4) is 0 Å². The Morgan fingerprint density at radius 3 is 2.95 bits per heavy atom. The van der Waals surface area contributed by atoms with E-state index >= 15 is 0 Å². The van der Waals surface area contributed by atoms with Crippen molar-refractivity contribution >= 4 is 0 Å². The summed E-state index contributed by atoms with van der Waals surface area (Å²) in [5.74, 6) is 1.90. The van der Waals surface area contributed by atoms with E-state index in [0.29, 0.717) is 12.1 Å². The fraction of sp³-hybridized carbons (Fsp3) is 0.812. The largest absolute Gasteiger partial charge is 0.347 e. The van der Waals surface area contributed by atoms with E-state index in [2.05, 4.69) is 27.5 Å². The molecule has 1 aliphatic heterocycles. The molecule has 3 rings (SSSR count). The number of H-pyrrole nitrogens is 1. The van der Waals surface area contributed by atoms with Crippen LogP contribution in [0.1, 0.15) is 63.7 Å². The average Bonchev–Trinajstić information content (AvgIpc) is 3.17. The lowest BCUT2D eigenvalue weighted by Crippen LogP contribution is -2.47. The van der Waals surface area contributed by atoms with Crippen molar-refractivity contribution in [3.63, 3.8) is 0 Å². The van der Waals surface area contributed by atoms with Crippen LogP contribution < -0.4 is 10.6 Å². The predicted molar refractivity (Wildman–Crippen MR) is 81.5 cm³/mol. The maximum atomic E-state index is 4.43. The molecule has 1 aliphatic carbocycles. The first-order chi connectivity index (χ1) is 9.88. The van der Waals surface area contributed by atoms with E-state index < -0.39 is 0 Å². The summed E-state index contributed by atoms with van der Waals surface area (Å²) in [6, 6.07) is 1.76. The Morgan fingerprint density at radius 1 is 1.30 bits per heavy atom. The minimum absolute atomic E-state index is 0.374. The predicted octanol–water partition coefficient (Wildman–Crippen LogP) is 2.76. The van der Waals surface area contributed by atoms with Crippen molar-refractivity contribution in [1.82, 2.24) is 20.6 Å². The van der Waals surface area contributed by atoms with E-state index in [-0.39, 0.29) is 0 Å². The molecule has 1 saturated carbocycles. The van der Waals surface area contributed by atoms with Crippen LogP contribution >= 0.6 is 0 Å². The van der Waals surface area contributed by atoms with Gasteiger partial charge in [0.2, 0.25) is 0 Å². The zero-order valence-corrected chi connectivity index (χ0v) is 12.6. The van der Waals surface area contributed by atoms with Crippen molar-refractivity contribution < 1.29 is 0 Å². The number of rotatable bonds is 5. The smallest absolute Gasteiger partial charge is 0.123 e. The third-order valence-electron chi connectivity index (χ3n) is 5.11. The van der Waals surface area contributed by atoms with Crippen LogP contribution in [0.25, 0.3) is 0 Å². The Hall–Kier alpha value is -0.870. The fourth-order valence-corrected chi connectivity index (χ4v) is 4.04. The number of piperidine rings is 1. The maximum Gasteiger partial charge on any atom is 0.123 e. The van der Waals surface area contributed by atoms with Gasteiger partial charge in [0, 0.05) is 24.5 Å². The van der Waals surface area contributed by atoms with Gasteiger partial charge in [-0.15, -0.1) is 0 Å². The maximum absolute atomic E-state index is 4.43. The molecular weight excluding hydrogens is 248 g/mol. The van der Waals surface area contributed by atoms with Gasteiger partial charge in [-0.3, -0.25) is 0 Å². The molecule has 2 heterocycles. The van der Waals surface area contributed by atoms with Gasteiger partial charge in [0.15, 0.2) is 0 Å². The van der Waals surface area contributed by atoms with Gasteiger partial charge in [0.05, 0.1) is 6.04 Å². The quantitative estimate of drug-likeness (QED) is 0.775. The Labute approximate surface area is 122 Å². The summed E-state index contributed by atoms with van der Waals surface area (Å²) in [7, 11) is 0. The third kappa shape index (κ3) is 3.07. The SMILES string of the molecule is CCC(NC1CCCC1C1CCCCN1)c1ncc[nH]1. The first kappa shape index (κ1) is 14.1. The minimum Gasteiger partial charge on any atom is -0.347 e. The average molecular weight is 276 g/mol. The van der Waals surface area contributed by atoms with E-state index in [0.717, 1.165) is 24.2 Å². The molecular formula is C16H28N4. The van der Waals surface area contributed by atoms with E-state index in [4.69, 9.17) is 0 Å². The number of nitrogens with one attached hydrogen (secondary N) is 3. The van der Waals surface area contributed by atoms with Crippen LogP contribution in [0, 0.1) is 5.92 Å².